The van der Waals surface area contributed by atoms with E-state index < -0.39 is 0 Å². The zero-order chi connectivity index (χ0) is 16.8. The van der Waals surface area contributed by atoms with Crippen LogP contribution in [0.1, 0.15) is 89.9 Å². The lowest BCUT2D eigenvalue weighted by molar-refractivity contribution is 0.101. The number of halogens is 2. The molecule has 24 heavy (non-hydrogen) atoms. The molecule has 140 valence electrons. The minimum absolute atomic E-state index is 0.117. The van der Waals surface area contributed by atoms with Crippen molar-refractivity contribution in [3.8, 4) is 0 Å². The smallest absolute Gasteiger partial charge is 0.0897 e. The number of alkyl halides is 2. The summed E-state index contributed by atoms with van der Waals surface area (Å²) in [5.74, 6) is 5.19. The summed E-state index contributed by atoms with van der Waals surface area (Å²) in [6.45, 7) is -0.234. The molecule has 0 aromatic heterocycles. The zero-order valence-corrected chi connectivity index (χ0v) is 15.5. The van der Waals surface area contributed by atoms with Gasteiger partial charge in [-0.15, -0.1) is 0 Å². The number of hydrogen-bond acceptors (Lipinski definition) is 0. The van der Waals surface area contributed by atoms with Crippen LogP contribution in [0, 0.1) is 35.5 Å². The molecule has 0 radical (unpaired) electrons. The van der Waals surface area contributed by atoms with Gasteiger partial charge >= 0.3 is 0 Å². The second kappa shape index (κ2) is 9.53. The summed E-state index contributed by atoms with van der Waals surface area (Å²) < 4.78 is 25.0. The van der Waals surface area contributed by atoms with E-state index in [4.69, 9.17) is 0 Å². The van der Waals surface area contributed by atoms with E-state index in [2.05, 4.69) is 0 Å². The molecule has 0 bridgehead atoms. The van der Waals surface area contributed by atoms with E-state index in [9.17, 15) is 8.78 Å². The Hall–Kier alpha value is -0.140. The van der Waals surface area contributed by atoms with Crippen LogP contribution in [0.25, 0.3) is 0 Å². The van der Waals surface area contributed by atoms with E-state index >= 15 is 0 Å². The minimum atomic E-state index is -0.117. The molecular formula is C22H38F2. The highest BCUT2D eigenvalue weighted by Crippen LogP contribution is 2.46. The summed E-state index contributed by atoms with van der Waals surface area (Å²) in [5.41, 5.74) is 0. The fraction of sp³-hybridized carbons (Fsp3) is 1.00. The van der Waals surface area contributed by atoms with Gasteiger partial charge in [0, 0.05) is 0 Å². The van der Waals surface area contributed by atoms with E-state index in [1.165, 1.54) is 77.0 Å². The van der Waals surface area contributed by atoms with Crippen molar-refractivity contribution in [2.45, 2.75) is 89.9 Å². The van der Waals surface area contributed by atoms with E-state index in [0.29, 0.717) is 11.8 Å². The van der Waals surface area contributed by atoms with Crippen molar-refractivity contribution >= 4 is 0 Å². The van der Waals surface area contributed by atoms with Crippen LogP contribution in [0.3, 0.4) is 0 Å². The van der Waals surface area contributed by atoms with Gasteiger partial charge in [-0.2, -0.15) is 0 Å². The fourth-order valence-corrected chi connectivity index (χ4v) is 6.29. The lowest BCUT2D eigenvalue weighted by Gasteiger charge is -2.41. The fourth-order valence-electron chi connectivity index (χ4n) is 6.29. The third kappa shape index (κ3) is 4.94. The predicted molar refractivity (Wildman–Crippen MR) is 97.5 cm³/mol. The van der Waals surface area contributed by atoms with Gasteiger partial charge < -0.3 is 0 Å². The lowest BCUT2D eigenvalue weighted by atomic mass is 9.65. The topological polar surface area (TPSA) is 0 Å². The van der Waals surface area contributed by atoms with Crippen LogP contribution in [-0.4, -0.2) is 13.3 Å². The Labute approximate surface area is 148 Å². The average Bonchev–Trinajstić information content (AvgIpc) is 2.64. The molecule has 0 aromatic carbocycles. The monoisotopic (exact) mass is 340 g/mol. The standard InChI is InChI=1S/C22H38F2/c23-15-13-17-1-5-19(6-2-17)21-9-11-22(12-10-21)20-7-3-18(4-8-20)14-16-24/h17-22H,1-16H2. The molecule has 2 heteroatoms. The van der Waals surface area contributed by atoms with Crippen molar-refractivity contribution < 1.29 is 8.78 Å². The Balaban J connectivity index is 1.36. The molecule has 0 amide bonds. The van der Waals surface area contributed by atoms with Crippen molar-refractivity contribution in [1.82, 2.24) is 0 Å². The summed E-state index contributed by atoms with van der Waals surface area (Å²) in [7, 11) is 0. The van der Waals surface area contributed by atoms with E-state index in [1.54, 1.807) is 0 Å². The molecule has 0 aromatic rings. The SMILES string of the molecule is FCCC1CCC(C2CCC(C3CCC(CCF)CC3)CC2)CC1. The zero-order valence-electron chi connectivity index (χ0n) is 15.5. The summed E-state index contributed by atoms with van der Waals surface area (Å²) in [4.78, 5) is 0. The molecule has 3 aliphatic rings. The van der Waals surface area contributed by atoms with Gasteiger partial charge in [0.15, 0.2) is 0 Å². The molecule has 3 saturated carbocycles. The van der Waals surface area contributed by atoms with Gasteiger partial charge in [0.05, 0.1) is 13.3 Å². The Bertz CT molecular complexity index is 298. The normalized spacial score (nSPS) is 41.2. The van der Waals surface area contributed by atoms with E-state index in [1.807, 2.05) is 0 Å². The first kappa shape index (κ1) is 18.6. The first-order valence-corrected chi connectivity index (χ1v) is 10.9. The highest BCUT2D eigenvalue weighted by molar-refractivity contribution is 4.85. The quantitative estimate of drug-likeness (QED) is 0.482. The Morgan fingerprint density at radius 1 is 0.417 bits per heavy atom. The third-order valence-electron chi connectivity index (χ3n) is 7.97. The Kier molecular flexibility index (Phi) is 7.40. The summed E-state index contributed by atoms with van der Waals surface area (Å²) >= 11 is 0. The lowest BCUT2D eigenvalue weighted by Crippen LogP contribution is -2.30. The summed E-state index contributed by atoms with van der Waals surface area (Å²) in [6.07, 6.45) is 18.0. The summed E-state index contributed by atoms with van der Waals surface area (Å²) in [5, 5.41) is 0. The van der Waals surface area contributed by atoms with Gasteiger partial charge in [-0.05, 0) is 99.7 Å². The third-order valence-corrected chi connectivity index (χ3v) is 7.97. The number of hydrogen-bond donors (Lipinski definition) is 0. The molecule has 0 atom stereocenters. The van der Waals surface area contributed by atoms with E-state index in [0.717, 1.165) is 36.5 Å². The second-order valence-corrected chi connectivity index (χ2v) is 9.19. The molecule has 0 N–H and O–H groups in total. The van der Waals surface area contributed by atoms with Crippen LogP contribution in [0.4, 0.5) is 8.78 Å². The maximum atomic E-state index is 12.5. The van der Waals surface area contributed by atoms with Crippen molar-refractivity contribution in [2.24, 2.45) is 35.5 Å². The van der Waals surface area contributed by atoms with Crippen LogP contribution >= 0.6 is 0 Å². The van der Waals surface area contributed by atoms with Crippen molar-refractivity contribution in [3.63, 3.8) is 0 Å². The largest absolute Gasteiger partial charge is 0.251 e. The molecule has 0 heterocycles. The molecule has 3 fully saturated rings. The average molecular weight is 341 g/mol. The molecular weight excluding hydrogens is 302 g/mol. The highest BCUT2D eigenvalue weighted by Gasteiger charge is 2.34. The first-order chi connectivity index (χ1) is 11.8. The molecule has 0 unspecified atom stereocenters. The first-order valence-electron chi connectivity index (χ1n) is 10.9. The maximum Gasteiger partial charge on any atom is 0.0897 e. The van der Waals surface area contributed by atoms with Gasteiger partial charge in [-0.25, -0.2) is 0 Å². The van der Waals surface area contributed by atoms with Crippen LogP contribution in [0.15, 0.2) is 0 Å². The molecule has 3 rings (SSSR count). The predicted octanol–water partition coefficient (Wildman–Crippen LogP) is 7.12. The van der Waals surface area contributed by atoms with Gasteiger partial charge in [0.1, 0.15) is 0 Å². The van der Waals surface area contributed by atoms with Gasteiger partial charge in [-0.1, -0.05) is 25.7 Å². The Morgan fingerprint density at radius 3 is 0.917 bits per heavy atom. The van der Waals surface area contributed by atoms with Crippen LogP contribution in [-0.2, 0) is 0 Å². The molecule has 0 aliphatic heterocycles. The van der Waals surface area contributed by atoms with E-state index in [-0.39, 0.29) is 13.3 Å². The number of rotatable bonds is 6. The highest BCUT2D eigenvalue weighted by atomic mass is 19.1. The van der Waals surface area contributed by atoms with Gasteiger partial charge in [0.25, 0.3) is 0 Å². The van der Waals surface area contributed by atoms with Gasteiger partial charge in [-0.3, -0.25) is 8.78 Å². The second-order valence-electron chi connectivity index (χ2n) is 9.19. The molecule has 0 saturated heterocycles. The summed E-state index contributed by atoms with van der Waals surface area (Å²) in [6, 6.07) is 0. The van der Waals surface area contributed by atoms with Crippen molar-refractivity contribution in [1.29, 1.82) is 0 Å². The van der Waals surface area contributed by atoms with Crippen LogP contribution in [0.2, 0.25) is 0 Å². The van der Waals surface area contributed by atoms with Crippen molar-refractivity contribution in [2.75, 3.05) is 13.3 Å². The molecule has 0 spiro atoms. The van der Waals surface area contributed by atoms with Gasteiger partial charge in [0.2, 0.25) is 0 Å². The molecule has 0 nitrogen and oxygen atoms in total. The van der Waals surface area contributed by atoms with Crippen LogP contribution < -0.4 is 0 Å². The van der Waals surface area contributed by atoms with Crippen LogP contribution in [0.5, 0.6) is 0 Å². The Morgan fingerprint density at radius 2 is 0.667 bits per heavy atom. The van der Waals surface area contributed by atoms with Crippen molar-refractivity contribution in [3.05, 3.63) is 0 Å². The minimum Gasteiger partial charge on any atom is -0.251 e. The maximum absolute atomic E-state index is 12.5. The molecule has 3 aliphatic carbocycles.